The maximum absolute atomic E-state index is 12.9. The standard InChI is InChI=1S/C24H28N6O4S/c1-29-12-9-18(15-29)30-13-10-22(27-30)35(32,33)28-24(31)26-23-19-5-3-4-16(19)6-7-20(23)17-8-11-25-21(14-17)34-2/h6-8,10-11,13-14,18H,3-5,9,12,15H2,1-2H3,(H2,26,28,31). The maximum Gasteiger partial charge on any atom is 0.333 e. The summed E-state index contributed by atoms with van der Waals surface area (Å²) < 4.78 is 34.9. The number of fused-ring (bicyclic) bond motifs is 1. The Morgan fingerprint density at radius 1 is 1.20 bits per heavy atom. The Morgan fingerprint density at radius 3 is 2.83 bits per heavy atom. The minimum atomic E-state index is -4.14. The zero-order valence-electron chi connectivity index (χ0n) is 19.7. The first kappa shape index (κ1) is 23.3. The summed E-state index contributed by atoms with van der Waals surface area (Å²) in [5, 5.41) is 6.87. The lowest BCUT2D eigenvalue weighted by molar-refractivity contribution is 0.256. The van der Waals surface area contributed by atoms with Crippen LogP contribution in [0.2, 0.25) is 0 Å². The van der Waals surface area contributed by atoms with Crippen molar-refractivity contribution in [1.29, 1.82) is 0 Å². The zero-order chi connectivity index (χ0) is 24.6. The van der Waals surface area contributed by atoms with Gasteiger partial charge in [0.05, 0.1) is 18.8 Å². The highest BCUT2D eigenvalue weighted by Gasteiger charge is 2.27. The van der Waals surface area contributed by atoms with Crippen LogP contribution in [0.5, 0.6) is 5.88 Å². The number of likely N-dealkylation sites (tertiary alicyclic amines) is 1. The summed E-state index contributed by atoms with van der Waals surface area (Å²) in [6, 6.07) is 8.30. The Kier molecular flexibility index (Phi) is 6.20. The second kappa shape index (κ2) is 9.31. The zero-order valence-corrected chi connectivity index (χ0v) is 20.5. The first-order chi connectivity index (χ1) is 16.8. The third kappa shape index (κ3) is 4.73. The van der Waals surface area contributed by atoms with E-state index in [-0.39, 0.29) is 11.1 Å². The average Bonchev–Trinajstić information content (AvgIpc) is 3.59. The lowest BCUT2D eigenvalue weighted by Gasteiger charge is -2.17. The van der Waals surface area contributed by atoms with Crippen molar-refractivity contribution in [1.82, 2.24) is 24.4 Å². The van der Waals surface area contributed by atoms with Gasteiger partial charge in [0, 0.05) is 30.6 Å². The van der Waals surface area contributed by atoms with Crippen molar-refractivity contribution in [3.05, 3.63) is 53.9 Å². The number of nitrogens with zero attached hydrogens (tertiary/aromatic N) is 4. The van der Waals surface area contributed by atoms with Crippen molar-refractivity contribution in [3.63, 3.8) is 0 Å². The Morgan fingerprint density at radius 2 is 2.06 bits per heavy atom. The summed E-state index contributed by atoms with van der Waals surface area (Å²) in [6.45, 7) is 1.73. The number of rotatable bonds is 6. The largest absolute Gasteiger partial charge is 0.481 e. The fourth-order valence-corrected chi connectivity index (χ4v) is 5.69. The van der Waals surface area contributed by atoms with E-state index < -0.39 is 16.1 Å². The molecule has 3 aromatic rings. The van der Waals surface area contributed by atoms with Crippen LogP contribution < -0.4 is 14.8 Å². The minimum absolute atomic E-state index is 0.115. The third-order valence-electron chi connectivity index (χ3n) is 6.60. The summed E-state index contributed by atoms with van der Waals surface area (Å²) in [6.07, 6.45) is 6.86. The number of anilines is 1. The molecule has 184 valence electrons. The van der Waals surface area contributed by atoms with Gasteiger partial charge in [-0.15, -0.1) is 0 Å². The Balaban J connectivity index is 1.39. The molecular weight excluding hydrogens is 468 g/mol. The summed E-state index contributed by atoms with van der Waals surface area (Å²) in [5.41, 5.74) is 4.34. The summed E-state index contributed by atoms with van der Waals surface area (Å²) in [4.78, 5) is 19.3. The van der Waals surface area contributed by atoms with Crippen LogP contribution >= 0.6 is 0 Å². The summed E-state index contributed by atoms with van der Waals surface area (Å²) in [5.74, 6) is 0.449. The lowest BCUT2D eigenvalue weighted by atomic mass is 9.98. The molecule has 5 rings (SSSR count). The molecular formula is C24H28N6O4S. The molecule has 2 aromatic heterocycles. The molecule has 0 radical (unpaired) electrons. The molecule has 1 fully saturated rings. The van der Waals surface area contributed by atoms with Crippen LogP contribution in [-0.2, 0) is 22.9 Å². The molecule has 1 aliphatic carbocycles. The molecule has 1 unspecified atom stereocenters. The van der Waals surface area contributed by atoms with E-state index in [4.69, 9.17) is 4.74 Å². The first-order valence-electron chi connectivity index (χ1n) is 11.6. The van der Waals surface area contributed by atoms with Crippen LogP contribution in [0, 0.1) is 0 Å². The quantitative estimate of drug-likeness (QED) is 0.539. The van der Waals surface area contributed by atoms with E-state index in [2.05, 4.69) is 31.1 Å². The maximum atomic E-state index is 12.9. The SMILES string of the molecule is COc1cc(-c2ccc3c(c2NC(=O)NS(=O)(=O)c2ccn(C4CCN(C)C4)n2)CCC3)ccn1. The Hall–Kier alpha value is -3.44. The van der Waals surface area contributed by atoms with Gasteiger partial charge in [-0.3, -0.25) is 4.68 Å². The number of pyridine rings is 1. The molecule has 2 aliphatic rings. The molecule has 35 heavy (non-hydrogen) atoms. The van der Waals surface area contributed by atoms with Crippen molar-refractivity contribution >= 4 is 21.7 Å². The Labute approximate surface area is 204 Å². The van der Waals surface area contributed by atoms with E-state index in [0.29, 0.717) is 11.6 Å². The van der Waals surface area contributed by atoms with Gasteiger partial charge in [0.1, 0.15) is 0 Å². The van der Waals surface area contributed by atoms with Gasteiger partial charge in [-0.2, -0.15) is 13.5 Å². The van der Waals surface area contributed by atoms with Crippen LogP contribution in [0.15, 0.2) is 47.8 Å². The van der Waals surface area contributed by atoms with E-state index in [1.54, 1.807) is 30.3 Å². The van der Waals surface area contributed by atoms with Crippen LogP contribution in [0.1, 0.15) is 30.0 Å². The number of aromatic nitrogens is 3. The average molecular weight is 497 g/mol. The van der Waals surface area contributed by atoms with Gasteiger partial charge in [-0.1, -0.05) is 12.1 Å². The number of carbonyl (C=O) groups is 1. The smallest absolute Gasteiger partial charge is 0.333 e. The molecule has 3 heterocycles. The van der Waals surface area contributed by atoms with Crippen molar-refractivity contribution in [2.75, 3.05) is 32.6 Å². The van der Waals surface area contributed by atoms with Crippen LogP contribution in [0.3, 0.4) is 0 Å². The number of carbonyl (C=O) groups excluding carboxylic acids is 1. The molecule has 0 bridgehead atoms. The number of aryl methyl sites for hydroxylation is 1. The molecule has 1 saturated heterocycles. The monoisotopic (exact) mass is 496 g/mol. The second-order valence-corrected chi connectivity index (χ2v) is 10.6. The topological polar surface area (TPSA) is 118 Å². The van der Waals surface area contributed by atoms with Gasteiger partial charge < -0.3 is 15.0 Å². The van der Waals surface area contributed by atoms with Gasteiger partial charge >= 0.3 is 6.03 Å². The lowest BCUT2D eigenvalue weighted by Crippen LogP contribution is -2.35. The van der Waals surface area contributed by atoms with Gasteiger partial charge in [-0.25, -0.2) is 14.5 Å². The highest BCUT2D eigenvalue weighted by molar-refractivity contribution is 7.90. The number of nitrogens with one attached hydrogen (secondary N) is 2. The van der Waals surface area contributed by atoms with Gasteiger partial charge in [0.15, 0.2) is 5.03 Å². The predicted molar refractivity (Wildman–Crippen MR) is 131 cm³/mol. The van der Waals surface area contributed by atoms with E-state index in [9.17, 15) is 13.2 Å². The number of ether oxygens (including phenoxy) is 1. The van der Waals surface area contributed by atoms with Gasteiger partial charge in [-0.05, 0) is 68.1 Å². The highest BCUT2D eigenvalue weighted by Crippen LogP contribution is 2.38. The van der Waals surface area contributed by atoms with Crippen LogP contribution in [0.25, 0.3) is 11.1 Å². The molecule has 1 atom stereocenters. The fraction of sp³-hybridized carbons (Fsp3) is 0.375. The minimum Gasteiger partial charge on any atom is -0.481 e. The van der Waals surface area contributed by atoms with Crippen molar-refractivity contribution in [2.45, 2.75) is 36.8 Å². The van der Waals surface area contributed by atoms with E-state index >= 15 is 0 Å². The number of likely N-dealkylation sites (N-methyl/N-ethyl adjacent to an activating group) is 1. The molecule has 10 nitrogen and oxygen atoms in total. The van der Waals surface area contributed by atoms with Crippen LogP contribution in [-0.4, -0.2) is 61.4 Å². The molecule has 2 N–H and O–H groups in total. The molecule has 0 spiro atoms. The highest BCUT2D eigenvalue weighted by atomic mass is 32.2. The number of amides is 2. The number of methoxy groups -OCH3 is 1. The van der Waals surface area contributed by atoms with Crippen molar-refractivity contribution < 1.29 is 17.9 Å². The molecule has 1 aromatic carbocycles. The predicted octanol–water partition coefficient (Wildman–Crippen LogP) is 2.83. The van der Waals surface area contributed by atoms with E-state index in [0.717, 1.165) is 61.0 Å². The summed E-state index contributed by atoms with van der Waals surface area (Å²) >= 11 is 0. The molecule has 0 saturated carbocycles. The molecule has 11 heteroatoms. The molecule has 2 amide bonds. The summed E-state index contributed by atoms with van der Waals surface area (Å²) in [7, 11) is -0.584. The number of benzene rings is 1. The Bertz CT molecular complexity index is 1370. The van der Waals surface area contributed by atoms with Gasteiger partial charge in [0.25, 0.3) is 10.0 Å². The number of hydrogen-bond acceptors (Lipinski definition) is 7. The fourth-order valence-electron chi connectivity index (χ4n) is 4.85. The van der Waals surface area contributed by atoms with E-state index in [1.807, 2.05) is 19.2 Å². The number of hydrogen-bond donors (Lipinski definition) is 2. The number of urea groups is 1. The first-order valence-corrected chi connectivity index (χ1v) is 13.0. The van der Waals surface area contributed by atoms with Crippen molar-refractivity contribution in [3.8, 4) is 17.0 Å². The molecule has 1 aliphatic heterocycles. The number of sulfonamides is 1. The van der Waals surface area contributed by atoms with E-state index in [1.165, 1.54) is 6.07 Å². The normalized spacial score (nSPS) is 17.8. The second-order valence-electron chi connectivity index (χ2n) is 8.96. The van der Waals surface area contributed by atoms with Gasteiger partial charge in [0.2, 0.25) is 5.88 Å². The van der Waals surface area contributed by atoms with Crippen molar-refractivity contribution in [2.24, 2.45) is 0 Å². The van der Waals surface area contributed by atoms with Crippen LogP contribution in [0.4, 0.5) is 10.5 Å². The third-order valence-corrected chi connectivity index (χ3v) is 7.83.